The Balaban J connectivity index is 1.72. The van der Waals surface area contributed by atoms with E-state index in [9.17, 15) is 9.90 Å². The molecule has 0 saturated carbocycles. The minimum atomic E-state index is -0.519. The number of nitrogens with zero attached hydrogens (tertiary/aromatic N) is 1. The lowest BCUT2D eigenvalue weighted by Crippen LogP contribution is -2.43. The van der Waals surface area contributed by atoms with Crippen LogP contribution in [-0.2, 0) is 11.2 Å². The quantitative estimate of drug-likeness (QED) is 0.798. The third-order valence-corrected chi connectivity index (χ3v) is 4.72. The number of benzene rings is 1. The van der Waals surface area contributed by atoms with Gasteiger partial charge in [-0.2, -0.15) is 0 Å². The summed E-state index contributed by atoms with van der Waals surface area (Å²) in [6.07, 6.45) is 2.16. The highest BCUT2D eigenvalue weighted by atomic mass is 16.5. The van der Waals surface area contributed by atoms with Crippen molar-refractivity contribution in [2.45, 2.75) is 39.2 Å². The Bertz CT molecular complexity index is 539. The Hall–Kier alpha value is -1.59. The first-order chi connectivity index (χ1) is 11.5. The molecule has 1 aromatic rings. The molecule has 24 heavy (non-hydrogen) atoms. The Morgan fingerprint density at radius 3 is 2.79 bits per heavy atom. The lowest BCUT2D eigenvalue weighted by molar-refractivity contribution is -0.121. The average Bonchev–Trinajstić information content (AvgIpc) is 2.57. The molecule has 1 amide bonds. The minimum Gasteiger partial charge on any atom is -0.496 e. The summed E-state index contributed by atoms with van der Waals surface area (Å²) in [5.41, 5.74) is 1.96. The summed E-state index contributed by atoms with van der Waals surface area (Å²) in [7, 11) is 1.63. The molecule has 0 bridgehead atoms. The normalized spacial score (nSPS) is 17.5. The zero-order valence-corrected chi connectivity index (χ0v) is 15.0. The molecule has 1 aliphatic heterocycles. The van der Waals surface area contributed by atoms with E-state index in [1.165, 1.54) is 12.8 Å². The molecule has 0 radical (unpaired) electrons. The summed E-state index contributed by atoms with van der Waals surface area (Å²) in [4.78, 5) is 14.3. The van der Waals surface area contributed by atoms with Crippen molar-refractivity contribution in [3.8, 4) is 5.75 Å². The van der Waals surface area contributed by atoms with Crippen LogP contribution in [0, 0.1) is 12.8 Å². The summed E-state index contributed by atoms with van der Waals surface area (Å²) in [5.74, 6) is 1.50. The number of nitrogens with one attached hydrogen (secondary N) is 1. The van der Waals surface area contributed by atoms with Crippen LogP contribution in [0.25, 0.3) is 0 Å². The van der Waals surface area contributed by atoms with E-state index < -0.39 is 6.10 Å². The summed E-state index contributed by atoms with van der Waals surface area (Å²) >= 11 is 0. The van der Waals surface area contributed by atoms with Crippen molar-refractivity contribution >= 4 is 5.91 Å². The zero-order chi connectivity index (χ0) is 17.5. The van der Waals surface area contributed by atoms with E-state index in [4.69, 9.17) is 4.74 Å². The molecular weight excluding hydrogens is 304 g/mol. The number of piperidine rings is 1. The predicted octanol–water partition coefficient (Wildman–Crippen LogP) is 1.76. The second-order valence-electron chi connectivity index (χ2n) is 6.92. The standard InChI is InChI=1S/C19H30N2O3/c1-14-6-8-21(9-7-14)13-17(22)12-20-19(23)11-16-5-4-15(2)18(10-16)24-3/h4-5,10,14,17,22H,6-9,11-13H2,1-3H3,(H,20,23). The van der Waals surface area contributed by atoms with Crippen molar-refractivity contribution in [2.75, 3.05) is 33.3 Å². The Morgan fingerprint density at radius 1 is 1.42 bits per heavy atom. The van der Waals surface area contributed by atoms with Crippen molar-refractivity contribution < 1.29 is 14.6 Å². The number of rotatable bonds is 7. The molecule has 0 aromatic heterocycles. The number of aryl methyl sites for hydroxylation is 1. The van der Waals surface area contributed by atoms with E-state index in [1.807, 2.05) is 25.1 Å². The third-order valence-electron chi connectivity index (χ3n) is 4.72. The van der Waals surface area contributed by atoms with Crippen LogP contribution in [0.15, 0.2) is 18.2 Å². The van der Waals surface area contributed by atoms with Gasteiger partial charge in [0.25, 0.3) is 0 Å². The molecular formula is C19H30N2O3. The van der Waals surface area contributed by atoms with Gasteiger partial charge in [-0.25, -0.2) is 0 Å². The number of methoxy groups -OCH3 is 1. The number of β-amino-alcohol motifs (C(OH)–C–C–N with tert-alkyl or cyclic N) is 1. The number of carbonyl (C=O) groups is 1. The maximum absolute atomic E-state index is 12.1. The van der Waals surface area contributed by atoms with Gasteiger partial charge in [0.05, 0.1) is 19.6 Å². The number of aliphatic hydroxyl groups is 1. The summed E-state index contributed by atoms with van der Waals surface area (Å²) in [6, 6.07) is 5.77. The lowest BCUT2D eigenvalue weighted by Gasteiger charge is -2.31. The van der Waals surface area contributed by atoms with E-state index in [1.54, 1.807) is 7.11 Å². The second kappa shape index (κ2) is 9.04. The van der Waals surface area contributed by atoms with Gasteiger partial charge in [0.2, 0.25) is 5.91 Å². The van der Waals surface area contributed by atoms with Crippen LogP contribution in [0.2, 0.25) is 0 Å². The number of hydrogen-bond acceptors (Lipinski definition) is 4. The topological polar surface area (TPSA) is 61.8 Å². The van der Waals surface area contributed by atoms with Gasteiger partial charge < -0.3 is 20.1 Å². The van der Waals surface area contributed by atoms with Crippen LogP contribution in [0.4, 0.5) is 0 Å². The zero-order valence-electron chi connectivity index (χ0n) is 15.0. The van der Waals surface area contributed by atoms with Gasteiger partial charge in [-0.1, -0.05) is 19.1 Å². The van der Waals surface area contributed by atoms with Crippen LogP contribution in [0.5, 0.6) is 5.75 Å². The first kappa shape index (κ1) is 18.7. The highest BCUT2D eigenvalue weighted by Crippen LogP contribution is 2.19. The SMILES string of the molecule is COc1cc(CC(=O)NCC(O)CN2CCC(C)CC2)ccc1C. The molecule has 1 fully saturated rings. The summed E-state index contributed by atoms with van der Waals surface area (Å²) < 4.78 is 5.28. The smallest absolute Gasteiger partial charge is 0.224 e. The molecule has 5 heteroatoms. The summed E-state index contributed by atoms with van der Waals surface area (Å²) in [6.45, 7) is 7.25. The Labute approximate surface area is 145 Å². The van der Waals surface area contributed by atoms with Crippen molar-refractivity contribution in [3.63, 3.8) is 0 Å². The van der Waals surface area contributed by atoms with Gasteiger partial charge in [0.15, 0.2) is 0 Å². The highest BCUT2D eigenvalue weighted by Gasteiger charge is 2.18. The first-order valence-electron chi connectivity index (χ1n) is 8.78. The van der Waals surface area contributed by atoms with Gasteiger partial charge in [0, 0.05) is 13.1 Å². The molecule has 0 aliphatic carbocycles. The van der Waals surface area contributed by atoms with Crippen LogP contribution in [0.3, 0.4) is 0 Å². The van der Waals surface area contributed by atoms with Crippen molar-refractivity contribution in [1.29, 1.82) is 0 Å². The summed E-state index contributed by atoms with van der Waals surface area (Å²) in [5, 5.41) is 12.9. The number of amides is 1. The molecule has 1 aromatic carbocycles. The van der Waals surface area contributed by atoms with Crippen molar-refractivity contribution in [1.82, 2.24) is 10.2 Å². The van der Waals surface area contributed by atoms with Gasteiger partial charge in [0.1, 0.15) is 5.75 Å². The second-order valence-corrected chi connectivity index (χ2v) is 6.92. The van der Waals surface area contributed by atoms with E-state index in [-0.39, 0.29) is 5.91 Å². The van der Waals surface area contributed by atoms with Crippen molar-refractivity contribution in [3.05, 3.63) is 29.3 Å². The average molecular weight is 334 g/mol. The molecule has 1 unspecified atom stereocenters. The molecule has 1 saturated heterocycles. The van der Waals surface area contributed by atoms with Gasteiger partial charge >= 0.3 is 0 Å². The molecule has 2 N–H and O–H groups in total. The minimum absolute atomic E-state index is 0.0766. The molecule has 1 heterocycles. The fraction of sp³-hybridized carbons (Fsp3) is 0.632. The van der Waals surface area contributed by atoms with Crippen molar-refractivity contribution in [2.24, 2.45) is 5.92 Å². The Kier molecular flexibility index (Phi) is 7.06. The number of ether oxygens (including phenoxy) is 1. The monoisotopic (exact) mass is 334 g/mol. The highest BCUT2D eigenvalue weighted by molar-refractivity contribution is 5.78. The van der Waals surface area contributed by atoms with Crippen LogP contribution in [-0.4, -0.2) is 55.3 Å². The van der Waals surface area contributed by atoms with Gasteiger partial charge in [-0.05, 0) is 56.0 Å². The number of aliphatic hydroxyl groups excluding tert-OH is 1. The first-order valence-corrected chi connectivity index (χ1v) is 8.78. The Morgan fingerprint density at radius 2 is 2.12 bits per heavy atom. The lowest BCUT2D eigenvalue weighted by atomic mass is 9.99. The van der Waals surface area contributed by atoms with E-state index >= 15 is 0 Å². The van der Waals surface area contributed by atoms with Gasteiger partial charge in [-0.15, -0.1) is 0 Å². The maximum Gasteiger partial charge on any atom is 0.224 e. The molecule has 134 valence electrons. The predicted molar refractivity (Wildman–Crippen MR) is 95.3 cm³/mol. The fourth-order valence-electron chi connectivity index (χ4n) is 3.06. The van der Waals surface area contributed by atoms with Gasteiger partial charge in [-0.3, -0.25) is 4.79 Å². The number of likely N-dealkylation sites (tertiary alicyclic amines) is 1. The molecule has 5 nitrogen and oxygen atoms in total. The van der Waals surface area contributed by atoms with Crippen LogP contribution in [0.1, 0.15) is 30.9 Å². The molecule has 1 aliphatic rings. The third kappa shape index (κ3) is 5.80. The number of hydrogen-bond donors (Lipinski definition) is 2. The largest absolute Gasteiger partial charge is 0.496 e. The fourth-order valence-corrected chi connectivity index (χ4v) is 3.06. The molecule has 0 spiro atoms. The van der Waals surface area contributed by atoms with E-state index in [2.05, 4.69) is 17.1 Å². The van der Waals surface area contributed by atoms with Crippen LogP contribution < -0.4 is 10.1 Å². The van der Waals surface area contributed by atoms with Crippen LogP contribution >= 0.6 is 0 Å². The molecule has 1 atom stereocenters. The van der Waals surface area contributed by atoms with E-state index in [0.29, 0.717) is 19.5 Å². The van der Waals surface area contributed by atoms with E-state index in [0.717, 1.165) is 35.9 Å². The maximum atomic E-state index is 12.1. The molecule has 2 rings (SSSR count). The number of carbonyl (C=O) groups excluding carboxylic acids is 1.